The topological polar surface area (TPSA) is 69.6 Å². The summed E-state index contributed by atoms with van der Waals surface area (Å²) in [4.78, 5) is 12.4. The van der Waals surface area contributed by atoms with Crippen LogP contribution < -0.4 is 5.32 Å². The summed E-state index contributed by atoms with van der Waals surface area (Å²) in [5, 5.41) is 23.2. The molecule has 4 nitrogen and oxygen atoms in total. The Balaban J connectivity index is 3.35. The molecule has 0 saturated carbocycles. The minimum absolute atomic E-state index is 0.0279. The van der Waals surface area contributed by atoms with Gasteiger partial charge in [-0.05, 0) is 12.8 Å². The van der Waals surface area contributed by atoms with Crippen LogP contribution in [0.25, 0.3) is 0 Å². The number of carbonyl (C=O) groups is 1. The van der Waals surface area contributed by atoms with E-state index in [1.54, 1.807) is 0 Å². The van der Waals surface area contributed by atoms with Crippen LogP contribution in [0.1, 0.15) is 296 Å². The molecule has 324 valence electrons. The molecule has 0 aromatic carbocycles. The number of rotatable bonds is 47. The number of aliphatic hydroxyl groups excluding tert-OH is 2. The van der Waals surface area contributed by atoms with E-state index >= 15 is 0 Å². The van der Waals surface area contributed by atoms with Gasteiger partial charge in [0.2, 0.25) is 5.91 Å². The highest BCUT2D eigenvalue weighted by Gasteiger charge is 2.20. The highest BCUT2D eigenvalue weighted by Crippen LogP contribution is 2.18. The van der Waals surface area contributed by atoms with Crippen molar-refractivity contribution < 1.29 is 15.0 Å². The Morgan fingerprint density at radius 3 is 0.833 bits per heavy atom. The lowest BCUT2D eigenvalue weighted by Crippen LogP contribution is -2.45. The molecule has 0 rings (SSSR count). The number of aliphatic hydroxyl groups is 2. The second-order valence-electron chi connectivity index (χ2n) is 17.6. The third-order valence-corrected chi connectivity index (χ3v) is 12.1. The molecule has 0 heterocycles. The van der Waals surface area contributed by atoms with Crippen LogP contribution in [0.5, 0.6) is 0 Å². The maximum atomic E-state index is 12.4. The maximum Gasteiger partial charge on any atom is 0.220 e. The van der Waals surface area contributed by atoms with E-state index in [0.29, 0.717) is 12.8 Å². The minimum Gasteiger partial charge on any atom is -0.394 e. The van der Waals surface area contributed by atoms with Gasteiger partial charge in [0.15, 0.2) is 0 Å². The van der Waals surface area contributed by atoms with E-state index in [4.69, 9.17) is 0 Å². The Bertz CT molecular complexity index is 699. The summed E-state index contributed by atoms with van der Waals surface area (Å²) in [5.41, 5.74) is 0. The molecule has 0 radical (unpaired) electrons. The third-order valence-electron chi connectivity index (χ3n) is 12.1. The monoisotopic (exact) mass is 764 g/mol. The fourth-order valence-corrected chi connectivity index (χ4v) is 8.25. The summed E-state index contributed by atoms with van der Waals surface area (Å²) < 4.78 is 0. The number of carbonyl (C=O) groups excluding carboxylic acids is 1. The summed E-state index contributed by atoms with van der Waals surface area (Å²) in [6, 6.07) is -0.529. The number of unbranched alkanes of at least 4 members (excludes halogenated alkanes) is 40. The van der Waals surface area contributed by atoms with Crippen LogP contribution in [-0.2, 0) is 4.79 Å². The second kappa shape index (κ2) is 46.8. The summed E-state index contributed by atoms with van der Waals surface area (Å²) >= 11 is 0. The molecule has 0 aromatic heterocycles. The standard InChI is InChI=1S/C50H101NO3/c1-3-5-7-9-11-13-15-16-17-18-19-20-21-22-23-24-25-26-27-28-29-30-31-32-33-34-36-37-39-41-43-45-49(53)48(47-52)51-50(54)46-44-42-40-38-35-14-12-10-8-6-4-2/h48-49,52-53H,3-47H2,1-2H3,(H,51,54). The van der Waals surface area contributed by atoms with Crippen molar-refractivity contribution in [1.29, 1.82) is 0 Å². The van der Waals surface area contributed by atoms with Gasteiger partial charge in [0.05, 0.1) is 18.8 Å². The average molecular weight is 764 g/mol. The SMILES string of the molecule is CCCCCCCCCCCCCCCCCCCCCCCCCCCCCCCCCC(O)C(CO)NC(=O)CCCCCCCCCCCCC. The van der Waals surface area contributed by atoms with Crippen molar-refractivity contribution in [2.24, 2.45) is 0 Å². The van der Waals surface area contributed by atoms with Crippen LogP contribution in [0, 0.1) is 0 Å². The summed E-state index contributed by atoms with van der Waals surface area (Å²) in [5.74, 6) is -0.0279. The predicted octanol–water partition coefficient (Wildman–Crippen LogP) is 16.0. The molecule has 2 atom stereocenters. The molecule has 4 heteroatoms. The van der Waals surface area contributed by atoms with Crippen molar-refractivity contribution >= 4 is 5.91 Å². The maximum absolute atomic E-state index is 12.4. The largest absolute Gasteiger partial charge is 0.394 e. The van der Waals surface area contributed by atoms with Crippen molar-refractivity contribution in [1.82, 2.24) is 5.32 Å². The molecule has 0 aromatic rings. The van der Waals surface area contributed by atoms with Crippen molar-refractivity contribution in [3.8, 4) is 0 Å². The molecule has 54 heavy (non-hydrogen) atoms. The Kier molecular flexibility index (Phi) is 46.2. The molecule has 0 bridgehead atoms. The van der Waals surface area contributed by atoms with E-state index in [1.807, 2.05) is 0 Å². The van der Waals surface area contributed by atoms with Crippen LogP contribution in [0.2, 0.25) is 0 Å². The lowest BCUT2D eigenvalue weighted by atomic mass is 10.0. The van der Waals surface area contributed by atoms with Gasteiger partial charge >= 0.3 is 0 Å². The van der Waals surface area contributed by atoms with Gasteiger partial charge in [-0.1, -0.05) is 277 Å². The van der Waals surface area contributed by atoms with Crippen LogP contribution in [-0.4, -0.2) is 34.9 Å². The predicted molar refractivity (Wildman–Crippen MR) is 240 cm³/mol. The van der Waals surface area contributed by atoms with E-state index in [2.05, 4.69) is 19.2 Å². The molecule has 0 saturated heterocycles. The Labute approximate surface area is 340 Å². The zero-order valence-electron chi connectivity index (χ0n) is 37.3. The minimum atomic E-state index is -0.653. The first-order chi connectivity index (χ1) is 26.7. The van der Waals surface area contributed by atoms with E-state index in [-0.39, 0.29) is 12.5 Å². The highest BCUT2D eigenvalue weighted by atomic mass is 16.3. The normalized spacial score (nSPS) is 12.7. The van der Waals surface area contributed by atoms with E-state index in [9.17, 15) is 15.0 Å². The van der Waals surface area contributed by atoms with Gasteiger partial charge in [-0.2, -0.15) is 0 Å². The van der Waals surface area contributed by atoms with Crippen LogP contribution in [0.4, 0.5) is 0 Å². The highest BCUT2D eigenvalue weighted by molar-refractivity contribution is 5.76. The third kappa shape index (κ3) is 42.5. The fraction of sp³-hybridized carbons (Fsp3) is 0.980. The van der Waals surface area contributed by atoms with Gasteiger partial charge in [0.1, 0.15) is 0 Å². The van der Waals surface area contributed by atoms with E-state index in [1.165, 1.54) is 244 Å². The zero-order valence-corrected chi connectivity index (χ0v) is 37.3. The number of nitrogens with one attached hydrogen (secondary N) is 1. The lowest BCUT2D eigenvalue weighted by molar-refractivity contribution is -0.123. The van der Waals surface area contributed by atoms with Crippen LogP contribution in [0.15, 0.2) is 0 Å². The van der Waals surface area contributed by atoms with Crippen molar-refractivity contribution in [2.75, 3.05) is 6.61 Å². The quantitative estimate of drug-likeness (QED) is 0.0541. The first kappa shape index (κ1) is 53.4. The van der Waals surface area contributed by atoms with Crippen molar-refractivity contribution in [3.63, 3.8) is 0 Å². The van der Waals surface area contributed by atoms with Gasteiger partial charge in [0.25, 0.3) is 0 Å². The number of hydrogen-bond donors (Lipinski definition) is 3. The molecule has 0 aliphatic carbocycles. The molecule has 2 unspecified atom stereocenters. The summed E-state index contributed by atoms with van der Waals surface area (Å²) in [6.07, 6.45) is 58.0. The van der Waals surface area contributed by atoms with Crippen molar-refractivity contribution in [2.45, 2.75) is 309 Å². The average Bonchev–Trinajstić information content (AvgIpc) is 3.18. The fourth-order valence-electron chi connectivity index (χ4n) is 8.25. The van der Waals surface area contributed by atoms with Crippen LogP contribution in [0.3, 0.4) is 0 Å². The molecular weight excluding hydrogens is 663 g/mol. The van der Waals surface area contributed by atoms with Gasteiger partial charge < -0.3 is 15.5 Å². The van der Waals surface area contributed by atoms with E-state index in [0.717, 1.165) is 25.7 Å². The van der Waals surface area contributed by atoms with Crippen molar-refractivity contribution in [3.05, 3.63) is 0 Å². The van der Waals surface area contributed by atoms with Gasteiger partial charge in [-0.25, -0.2) is 0 Å². The Morgan fingerprint density at radius 2 is 0.593 bits per heavy atom. The lowest BCUT2D eigenvalue weighted by Gasteiger charge is -2.22. The molecule has 0 aliphatic heterocycles. The first-order valence-electron chi connectivity index (χ1n) is 25.2. The van der Waals surface area contributed by atoms with Gasteiger partial charge in [-0.3, -0.25) is 4.79 Å². The molecule has 0 aliphatic rings. The summed E-state index contributed by atoms with van der Waals surface area (Å²) in [7, 11) is 0. The van der Waals surface area contributed by atoms with Gasteiger partial charge in [-0.15, -0.1) is 0 Å². The van der Waals surface area contributed by atoms with Crippen LogP contribution >= 0.6 is 0 Å². The number of amides is 1. The summed E-state index contributed by atoms with van der Waals surface area (Å²) in [6.45, 7) is 4.38. The smallest absolute Gasteiger partial charge is 0.220 e. The van der Waals surface area contributed by atoms with Gasteiger partial charge in [0, 0.05) is 6.42 Å². The van der Waals surface area contributed by atoms with E-state index < -0.39 is 12.1 Å². The first-order valence-corrected chi connectivity index (χ1v) is 25.2. The Morgan fingerprint density at radius 1 is 0.370 bits per heavy atom. The molecule has 1 amide bonds. The Hall–Kier alpha value is -0.610. The number of hydrogen-bond acceptors (Lipinski definition) is 3. The zero-order chi connectivity index (χ0) is 39.3. The molecule has 0 spiro atoms. The molecule has 0 fully saturated rings. The second-order valence-corrected chi connectivity index (χ2v) is 17.6. The molecule has 3 N–H and O–H groups in total. The molecular formula is C50H101NO3.